The molecule has 1 aliphatic rings. The molecule has 94 valence electrons. The van der Waals surface area contributed by atoms with Crippen LogP contribution >= 0.6 is 0 Å². The molecular weight excluding hydrogens is 214 g/mol. The van der Waals surface area contributed by atoms with Crippen LogP contribution in [0.3, 0.4) is 0 Å². The zero-order valence-electron chi connectivity index (χ0n) is 10.6. The summed E-state index contributed by atoms with van der Waals surface area (Å²) in [6, 6.07) is 0. The Kier molecular flexibility index (Phi) is 3.94. The largest absolute Gasteiger partial charge is 0.396 e. The highest BCUT2D eigenvalue weighted by Crippen LogP contribution is 2.20. The Morgan fingerprint density at radius 2 is 2.12 bits per heavy atom. The first-order valence-electron chi connectivity index (χ1n) is 6.35. The van der Waals surface area contributed by atoms with Gasteiger partial charge < -0.3 is 10.0 Å². The predicted octanol–water partition coefficient (Wildman–Crippen LogP) is 1.49. The molecule has 1 aliphatic heterocycles. The zero-order chi connectivity index (χ0) is 12.3. The Morgan fingerprint density at radius 1 is 1.41 bits per heavy atom. The van der Waals surface area contributed by atoms with E-state index in [9.17, 15) is 0 Å². The molecule has 0 aromatic carbocycles. The van der Waals surface area contributed by atoms with Crippen molar-refractivity contribution in [2.24, 2.45) is 11.8 Å². The molecule has 4 nitrogen and oxygen atoms in total. The Labute approximate surface area is 103 Å². The van der Waals surface area contributed by atoms with Crippen molar-refractivity contribution in [3.05, 3.63) is 18.0 Å². The second-order valence-electron chi connectivity index (χ2n) is 5.27. The Hall–Kier alpha value is -1.16. The van der Waals surface area contributed by atoms with Gasteiger partial charge in [0, 0.05) is 38.0 Å². The van der Waals surface area contributed by atoms with E-state index in [4.69, 9.17) is 5.11 Å². The Morgan fingerprint density at radius 3 is 2.65 bits per heavy atom. The molecule has 2 heterocycles. The van der Waals surface area contributed by atoms with Crippen LogP contribution in [0.5, 0.6) is 0 Å². The molecule has 1 aromatic rings. The lowest BCUT2D eigenvalue weighted by atomic mass is 10.1. The van der Waals surface area contributed by atoms with Crippen LogP contribution < -0.4 is 4.90 Å². The van der Waals surface area contributed by atoms with Gasteiger partial charge in [-0.25, -0.2) is 9.97 Å². The summed E-state index contributed by atoms with van der Waals surface area (Å²) in [6.45, 7) is 6.48. The number of aliphatic hydroxyl groups is 1. The summed E-state index contributed by atoms with van der Waals surface area (Å²) in [5.74, 6) is 1.82. The quantitative estimate of drug-likeness (QED) is 0.859. The van der Waals surface area contributed by atoms with Gasteiger partial charge in [0.2, 0.25) is 5.95 Å². The van der Waals surface area contributed by atoms with E-state index in [1.165, 1.54) is 5.56 Å². The topological polar surface area (TPSA) is 49.2 Å². The van der Waals surface area contributed by atoms with Crippen molar-refractivity contribution in [2.75, 3.05) is 24.6 Å². The zero-order valence-corrected chi connectivity index (χ0v) is 10.6. The van der Waals surface area contributed by atoms with Crippen LogP contribution in [0.1, 0.15) is 25.8 Å². The molecular formula is C13H21N3O. The van der Waals surface area contributed by atoms with Crippen molar-refractivity contribution in [1.29, 1.82) is 0 Å². The van der Waals surface area contributed by atoms with E-state index in [2.05, 4.69) is 28.7 Å². The van der Waals surface area contributed by atoms with Crippen LogP contribution in [0.15, 0.2) is 12.4 Å². The average molecular weight is 235 g/mol. The lowest BCUT2D eigenvalue weighted by molar-refractivity contribution is 0.238. The lowest BCUT2D eigenvalue weighted by Gasteiger charge is -2.16. The van der Waals surface area contributed by atoms with E-state index in [0.717, 1.165) is 31.9 Å². The minimum absolute atomic E-state index is 0.266. The molecule has 0 radical (unpaired) electrons. The molecule has 17 heavy (non-hydrogen) atoms. The number of rotatable bonds is 4. The highest BCUT2D eigenvalue weighted by molar-refractivity contribution is 5.31. The highest BCUT2D eigenvalue weighted by Gasteiger charge is 2.23. The van der Waals surface area contributed by atoms with Gasteiger partial charge in [-0.2, -0.15) is 0 Å². The number of nitrogens with zero attached hydrogens (tertiary/aromatic N) is 3. The summed E-state index contributed by atoms with van der Waals surface area (Å²) in [4.78, 5) is 11.0. The van der Waals surface area contributed by atoms with Crippen molar-refractivity contribution in [2.45, 2.75) is 26.7 Å². The van der Waals surface area contributed by atoms with Gasteiger partial charge in [0.1, 0.15) is 0 Å². The van der Waals surface area contributed by atoms with Crippen molar-refractivity contribution in [3.63, 3.8) is 0 Å². The first-order valence-corrected chi connectivity index (χ1v) is 6.35. The molecule has 1 unspecified atom stereocenters. The minimum Gasteiger partial charge on any atom is -0.396 e. The molecule has 1 saturated heterocycles. The third kappa shape index (κ3) is 3.16. The molecule has 1 N–H and O–H groups in total. The number of hydrogen-bond donors (Lipinski definition) is 1. The molecule has 4 heteroatoms. The number of anilines is 1. The summed E-state index contributed by atoms with van der Waals surface area (Å²) in [7, 11) is 0. The molecule has 0 amide bonds. The Bertz CT molecular complexity index is 350. The smallest absolute Gasteiger partial charge is 0.225 e. The normalized spacial score (nSPS) is 20.2. The summed E-state index contributed by atoms with van der Waals surface area (Å²) in [5.41, 5.74) is 1.20. The van der Waals surface area contributed by atoms with Crippen molar-refractivity contribution >= 4 is 5.95 Å². The van der Waals surface area contributed by atoms with Gasteiger partial charge in [-0.1, -0.05) is 13.8 Å². The van der Waals surface area contributed by atoms with Crippen LogP contribution in [-0.4, -0.2) is 34.8 Å². The molecule has 0 bridgehead atoms. The van der Waals surface area contributed by atoms with Gasteiger partial charge in [-0.15, -0.1) is 0 Å². The van der Waals surface area contributed by atoms with E-state index in [1.807, 2.05) is 12.4 Å². The van der Waals surface area contributed by atoms with E-state index in [0.29, 0.717) is 11.8 Å². The van der Waals surface area contributed by atoms with E-state index >= 15 is 0 Å². The molecule has 0 saturated carbocycles. The van der Waals surface area contributed by atoms with Gasteiger partial charge in [-0.05, 0) is 24.3 Å². The van der Waals surface area contributed by atoms with Crippen LogP contribution in [0.4, 0.5) is 5.95 Å². The standard InChI is InChI=1S/C13H21N3O/c1-10(2)5-12-6-14-13(15-7-12)16-4-3-11(8-16)9-17/h6-7,10-11,17H,3-5,8-9H2,1-2H3. The monoisotopic (exact) mass is 235 g/mol. The predicted molar refractivity (Wildman–Crippen MR) is 68.0 cm³/mol. The fourth-order valence-corrected chi connectivity index (χ4v) is 2.25. The Balaban J connectivity index is 1.98. The minimum atomic E-state index is 0.266. The van der Waals surface area contributed by atoms with Crippen LogP contribution in [0.25, 0.3) is 0 Å². The van der Waals surface area contributed by atoms with Crippen molar-refractivity contribution in [1.82, 2.24) is 9.97 Å². The second-order valence-corrected chi connectivity index (χ2v) is 5.27. The SMILES string of the molecule is CC(C)Cc1cnc(N2CCC(CO)C2)nc1. The molecule has 0 aliphatic carbocycles. The highest BCUT2D eigenvalue weighted by atomic mass is 16.3. The molecule has 1 aromatic heterocycles. The van der Waals surface area contributed by atoms with E-state index in [1.54, 1.807) is 0 Å². The van der Waals surface area contributed by atoms with Crippen LogP contribution in [0.2, 0.25) is 0 Å². The maximum atomic E-state index is 9.11. The maximum Gasteiger partial charge on any atom is 0.225 e. The first-order chi connectivity index (χ1) is 8.19. The van der Waals surface area contributed by atoms with Crippen LogP contribution in [-0.2, 0) is 6.42 Å². The fraction of sp³-hybridized carbons (Fsp3) is 0.692. The average Bonchev–Trinajstić information content (AvgIpc) is 2.78. The number of hydrogen-bond acceptors (Lipinski definition) is 4. The first kappa shape index (κ1) is 12.3. The molecule has 2 rings (SSSR count). The second kappa shape index (κ2) is 5.45. The number of aliphatic hydroxyl groups excluding tert-OH is 1. The van der Waals surface area contributed by atoms with Crippen molar-refractivity contribution < 1.29 is 5.11 Å². The van der Waals surface area contributed by atoms with Gasteiger partial charge in [0.25, 0.3) is 0 Å². The summed E-state index contributed by atoms with van der Waals surface area (Å²) < 4.78 is 0. The van der Waals surface area contributed by atoms with Crippen LogP contribution in [0, 0.1) is 11.8 Å². The molecule has 1 fully saturated rings. The number of aromatic nitrogens is 2. The summed E-state index contributed by atoms with van der Waals surface area (Å²) in [6.07, 6.45) is 5.91. The summed E-state index contributed by atoms with van der Waals surface area (Å²) in [5, 5.41) is 9.11. The van der Waals surface area contributed by atoms with Gasteiger partial charge in [0.15, 0.2) is 0 Å². The maximum absolute atomic E-state index is 9.11. The van der Waals surface area contributed by atoms with E-state index in [-0.39, 0.29) is 6.61 Å². The van der Waals surface area contributed by atoms with E-state index < -0.39 is 0 Å². The summed E-state index contributed by atoms with van der Waals surface area (Å²) >= 11 is 0. The van der Waals surface area contributed by atoms with Gasteiger partial charge >= 0.3 is 0 Å². The lowest BCUT2D eigenvalue weighted by Crippen LogP contribution is -2.22. The third-order valence-electron chi connectivity index (χ3n) is 3.16. The van der Waals surface area contributed by atoms with Gasteiger partial charge in [0.05, 0.1) is 0 Å². The van der Waals surface area contributed by atoms with Gasteiger partial charge in [-0.3, -0.25) is 0 Å². The third-order valence-corrected chi connectivity index (χ3v) is 3.16. The van der Waals surface area contributed by atoms with Crippen molar-refractivity contribution in [3.8, 4) is 0 Å². The molecule has 1 atom stereocenters. The molecule has 0 spiro atoms. The fourth-order valence-electron chi connectivity index (χ4n) is 2.25.